The van der Waals surface area contributed by atoms with Gasteiger partial charge in [0, 0.05) is 6.04 Å². The Balaban J connectivity index is 2.55. The smallest absolute Gasteiger partial charge is 0.00362 e. The topological polar surface area (TPSA) is 12.0 Å². The summed E-state index contributed by atoms with van der Waals surface area (Å²) in [5.41, 5.74) is 0.563. The molecule has 0 aromatic heterocycles. The SMILES string of the molecule is CCC(C)NCC1CC(C)(C)CCC1C(C)C. The fraction of sp³-hybridized carbons (Fsp3) is 1.00. The lowest BCUT2D eigenvalue weighted by atomic mass is 9.64. The van der Waals surface area contributed by atoms with Gasteiger partial charge in [0.2, 0.25) is 0 Å². The number of hydrogen-bond donors (Lipinski definition) is 1. The minimum absolute atomic E-state index is 0.563. The molecule has 0 aromatic carbocycles. The normalized spacial score (nSPS) is 30.5. The van der Waals surface area contributed by atoms with E-state index in [1.165, 1.54) is 32.2 Å². The summed E-state index contributed by atoms with van der Waals surface area (Å²) in [5, 5.41) is 3.72. The average molecular weight is 239 g/mol. The maximum Gasteiger partial charge on any atom is 0.00362 e. The molecule has 0 bridgehead atoms. The van der Waals surface area contributed by atoms with Crippen LogP contribution >= 0.6 is 0 Å². The maximum atomic E-state index is 3.72. The minimum atomic E-state index is 0.563. The van der Waals surface area contributed by atoms with Crippen LogP contribution in [0.25, 0.3) is 0 Å². The van der Waals surface area contributed by atoms with Crippen LogP contribution in [-0.2, 0) is 0 Å². The summed E-state index contributed by atoms with van der Waals surface area (Å²) < 4.78 is 0. The summed E-state index contributed by atoms with van der Waals surface area (Å²) in [6, 6.07) is 0.674. The van der Waals surface area contributed by atoms with E-state index >= 15 is 0 Å². The standard InChI is InChI=1S/C16H33N/c1-7-13(4)17-11-14-10-16(5,6)9-8-15(14)12(2)3/h12-15,17H,7-11H2,1-6H3. The largest absolute Gasteiger partial charge is 0.314 e. The van der Waals surface area contributed by atoms with Crippen LogP contribution in [0.2, 0.25) is 0 Å². The second-order valence-corrected chi connectivity index (χ2v) is 7.29. The van der Waals surface area contributed by atoms with Crippen molar-refractivity contribution >= 4 is 0 Å². The van der Waals surface area contributed by atoms with Crippen LogP contribution in [0.4, 0.5) is 0 Å². The van der Waals surface area contributed by atoms with Gasteiger partial charge in [-0.15, -0.1) is 0 Å². The van der Waals surface area contributed by atoms with E-state index < -0.39 is 0 Å². The zero-order valence-electron chi connectivity index (χ0n) is 12.8. The minimum Gasteiger partial charge on any atom is -0.314 e. The molecule has 1 nitrogen and oxygen atoms in total. The Hall–Kier alpha value is -0.0400. The van der Waals surface area contributed by atoms with E-state index in [9.17, 15) is 0 Å². The Kier molecular flexibility index (Phi) is 5.50. The highest BCUT2D eigenvalue weighted by Crippen LogP contribution is 2.44. The van der Waals surface area contributed by atoms with Crippen LogP contribution in [0.1, 0.15) is 67.2 Å². The summed E-state index contributed by atoms with van der Waals surface area (Å²) in [6.45, 7) is 15.5. The van der Waals surface area contributed by atoms with Crippen molar-refractivity contribution in [3.63, 3.8) is 0 Å². The third-order valence-electron chi connectivity index (χ3n) is 4.77. The lowest BCUT2D eigenvalue weighted by Crippen LogP contribution is -2.40. The van der Waals surface area contributed by atoms with E-state index in [0.717, 1.165) is 17.8 Å². The van der Waals surface area contributed by atoms with Crippen LogP contribution < -0.4 is 5.32 Å². The van der Waals surface area contributed by atoms with E-state index in [-0.39, 0.29) is 0 Å². The number of nitrogens with one attached hydrogen (secondary N) is 1. The quantitative estimate of drug-likeness (QED) is 0.746. The lowest BCUT2D eigenvalue weighted by Gasteiger charge is -2.43. The molecule has 0 aromatic rings. The van der Waals surface area contributed by atoms with Crippen molar-refractivity contribution < 1.29 is 0 Å². The van der Waals surface area contributed by atoms with Crippen molar-refractivity contribution in [2.75, 3.05) is 6.54 Å². The summed E-state index contributed by atoms with van der Waals surface area (Å²) in [6.07, 6.45) is 5.48. The first kappa shape index (κ1) is 15.0. The molecule has 1 aliphatic carbocycles. The molecule has 0 aliphatic heterocycles. The van der Waals surface area contributed by atoms with Crippen molar-refractivity contribution in [1.29, 1.82) is 0 Å². The van der Waals surface area contributed by atoms with Gasteiger partial charge in [-0.25, -0.2) is 0 Å². The third kappa shape index (κ3) is 4.62. The van der Waals surface area contributed by atoms with Crippen LogP contribution in [0.3, 0.4) is 0 Å². The van der Waals surface area contributed by atoms with Crippen molar-refractivity contribution in [3.8, 4) is 0 Å². The molecule has 1 rings (SSSR count). The number of hydrogen-bond acceptors (Lipinski definition) is 1. The van der Waals surface area contributed by atoms with Crippen molar-refractivity contribution in [2.45, 2.75) is 73.3 Å². The lowest BCUT2D eigenvalue weighted by molar-refractivity contribution is 0.0858. The molecule has 1 saturated carbocycles. The Morgan fingerprint density at radius 3 is 2.41 bits per heavy atom. The zero-order chi connectivity index (χ0) is 13.1. The molecule has 0 heterocycles. The molecule has 3 atom stereocenters. The molecule has 0 saturated heterocycles. The van der Waals surface area contributed by atoms with Gasteiger partial charge >= 0.3 is 0 Å². The molecule has 1 N–H and O–H groups in total. The molecule has 1 fully saturated rings. The molecule has 3 unspecified atom stereocenters. The van der Waals surface area contributed by atoms with Crippen molar-refractivity contribution in [2.24, 2.45) is 23.2 Å². The van der Waals surface area contributed by atoms with Crippen LogP contribution in [0, 0.1) is 23.2 Å². The molecule has 0 radical (unpaired) electrons. The maximum absolute atomic E-state index is 3.72. The van der Waals surface area contributed by atoms with Gasteiger partial charge in [-0.05, 0) is 62.3 Å². The Morgan fingerprint density at radius 1 is 1.24 bits per heavy atom. The monoisotopic (exact) mass is 239 g/mol. The first-order chi connectivity index (χ1) is 7.85. The highest BCUT2D eigenvalue weighted by Gasteiger charge is 2.35. The van der Waals surface area contributed by atoms with Crippen LogP contribution in [-0.4, -0.2) is 12.6 Å². The van der Waals surface area contributed by atoms with E-state index in [0.29, 0.717) is 11.5 Å². The van der Waals surface area contributed by atoms with Gasteiger partial charge in [-0.1, -0.05) is 34.6 Å². The molecule has 1 heteroatoms. The predicted molar refractivity (Wildman–Crippen MR) is 77.2 cm³/mol. The van der Waals surface area contributed by atoms with Gasteiger partial charge in [-0.3, -0.25) is 0 Å². The van der Waals surface area contributed by atoms with Crippen molar-refractivity contribution in [3.05, 3.63) is 0 Å². The summed E-state index contributed by atoms with van der Waals surface area (Å²) >= 11 is 0. The van der Waals surface area contributed by atoms with E-state index in [2.05, 4.69) is 46.9 Å². The Labute approximate surface area is 109 Å². The molecule has 17 heavy (non-hydrogen) atoms. The molecule has 1 aliphatic rings. The summed E-state index contributed by atoms with van der Waals surface area (Å²) in [5.74, 6) is 2.65. The van der Waals surface area contributed by atoms with Crippen LogP contribution in [0.5, 0.6) is 0 Å². The average Bonchev–Trinajstić information content (AvgIpc) is 2.24. The molecular weight excluding hydrogens is 206 g/mol. The molecule has 0 amide bonds. The second-order valence-electron chi connectivity index (χ2n) is 7.29. The highest BCUT2D eigenvalue weighted by molar-refractivity contribution is 4.87. The van der Waals surface area contributed by atoms with Gasteiger partial charge in [-0.2, -0.15) is 0 Å². The number of rotatable bonds is 5. The predicted octanol–water partition coefficient (Wildman–Crippen LogP) is 4.47. The Morgan fingerprint density at radius 2 is 1.88 bits per heavy atom. The van der Waals surface area contributed by atoms with Gasteiger partial charge in [0.25, 0.3) is 0 Å². The van der Waals surface area contributed by atoms with E-state index in [1.807, 2.05) is 0 Å². The van der Waals surface area contributed by atoms with E-state index in [1.54, 1.807) is 0 Å². The van der Waals surface area contributed by atoms with Gasteiger partial charge in [0.05, 0.1) is 0 Å². The molecule has 102 valence electrons. The second kappa shape index (κ2) is 6.22. The molecular formula is C16H33N. The van der Waals surface area contributed by atoms with Crippen LogP contribution in [0.15, 0.2) is 0 Å². The molecule has 0 spiro atoms. The van der Waals surface area contributed by atoms with E-state index in [4.69, 9.17) is 0 Å². The fourth-order valence-electron chi connectivity index (χ4n) is 3.35. The summed E-state index contributed by atoms with van der Waals surface area (Å²) in [7, 11) is 0. The third-order valence-corrected chi connectivity index (χ3v) is 4.77. The van der Waals surface area contributed by atoms with Gasteiger partial charge < -0.3 is 5.32 Å². The zero-order valence-corrected chi connectivity index (χ0v) is 12.8. The highest BCUT2D eigenvalue weighted by atomic mass is 14.9. The summed E-state index contributed by atoms with van der Waals surface area (Å²) in [4.78, 5) is 0. The van der Waals surface area contributed by atoms with Gasteiger partial charge in [0.15, 0.2) is 0 Å². The first-order valence-electron chi connectivity index (χ1n) is 7.59. The van der Waals surface area contributed by atoms with Gasteiger partial charge in [0.1, 0.15) is 0 Å². The first-order valence-corrected chi connectivity index (χ1v) is 7.59. The fourth-order valence-corrected chi connectivity index (χ4v) is 3.35. The van der Waals surface area contributed by atoms with Crippen molar-refractivity contribution in [1.82, 2.24) is 5.32 Å². The Bertz CT molecular complexity index is 220.